The lowest BCUT2D eigenvalue weighted by atomic mass is 10.0. The first-order chi connectivity index (χ1) is 14.8. The highest BCUT2D eigenvalue weighted by molar-refractivity contribution is 7.91. The van der Waals surface area contributed by atoms with Crippen LogP contribution in [-0.4, -0.2) is 35.7 Å². The maximum Gasteiger partial charge on any atom is 0.268 e. The number of anilines is 1. The van der Waals surface area contributed by atoms with E-state index < -0.39 is 32.8 Å². The van der Waals surface area contributed by atoms with Gasteiger partial charge in [0.25, 0.3) is 5.91 Å². The molecule has 0 bridgehead atoms. The number of amides is 1. The molecule has 1 unspecified atom stereocenters. The van der Waals surface area contributed by atoms with Crippen LogP contribution in [0.25, 0.3) is 5.52 Å². The average molecular weight is 446 g/mol. The Morgan fingerprint density at radius 2 is 1.94 bits per heavy atom. The standard InChI is InChI=1S/C21H20F2N4O3S/c22-13-3-6-18(23)16(10-13)19-2-1-8-26(19)14-7-9-27-20(11-14)17(12-24-27)21(28)25-31(29,30)15-4-5-15/h3,6-7,9-12,15,19H,1-2,4-5,8H2,(H,25,28). The van der Waals surface area contributed by atoms with Gasteiger partial charge in [0, 0.05) is 24.0 Å². The van der Waals surface area contributed by atoms with Crippen LogP contribution < -0.4 is 9.62 Å². The molecule has 1 saturated carbocycles. The molecule has 31 heavy (non-hydrogen) atoms. The first-order valence-corrected chi connectivity index (χ1v) is 11.6. The number of carbonyl (C=O) groups excluding carboxylic acids is 1. The summed E-state index contributed by atoms with van der Waals surface area (Å²) in [5.74, 6) is -1.69. The van der Waals surface area contributed by atoms with E-state index in [1.54, 1.807) is 18.3 Å². The molecule has 10 heteroatoms. The molecule has 0 radical (unpaired) electrons. The van der Waals surface area contributed by atoms with E-state index >= 15 is 0 Å². The summed E-state index contributed by atoms with van der Waals surface area (Å²) in [5, 5.41) is 3.62. The highest BCUT2D eigenvalue weighted by atomic mass is 32.2. The molecule has 5 rings (SSSR count). The van der Waals surface area contributed by atoms with Gasteiger partial charge in [0.1, 0.15) is 11.6 Å². The molecule has 2 fully saturated rings. The van der Waals surface area contributed by atoms with Gasteiger partial charge < -0.3 is 4.90 Å². The zero-order valence-corrected chi connectivity index (χ0v) is 17.3. The zero-order valence-electron chi connectivity index (χ0n) is 16.5. The van der Waals surface area contributed by atoms with Crippen molar-refractivity contribution < 1.29 is 22.0 Å². The van der Waals surface area contributed by atoms with E-state index in [9.17, 15) is 22.0 Å². The van der Waals surface area contributed by atoms with Crippen LogP contribution in [0.2, 0.25) is 0 Å². The van der Waals surface area contributed by atoms with Crippen LogP contribution in [0.4, 0.5) is 14.5 Å². The summed E-state index contributed by atoms with van der Waals surface area (Å²) in [4.78, 5) is 14.6. The lowest BCUT2D eigenvalue weighted by Gasteiger charge is -2.27. The molecule has 3 heterocycles. The van der Waals surface area contributed by atoms with Crippen molar-refractivity contribution in [3.8, 4) is 0 Å². The van der Waals surface area contributed by atoms with Gasteiger partial charge in [-0.1, -0.05) is 0 Å². The second-order valence-corrected chi connectivity index (χ2v) is 9.93. The number of hydrogen-bond donors (Lipinski definition) is 1. The Labute approximate surface area is 177 Å². The van der Waals surface area contributed by atoms with Gasteiger partial charge in [-0.15, -0.1) is 0 Å². The SMILES string of the molecule is O=C(NS(=O)(=O)C1CC1)c1cnn2ccc(N3CCCC3c3cc(F)ccc3F)cc12. The van der Waals surface area contributed by atoms with E-state index in [1.165, 1.54) is 16.8 Å². The number of carbonyl (C=O) groups is 1. The fourth-order valence-corrected chi connectivity index (χ4v) is 5.43. The molecule has 1 N–H and O–H groups in total. The van der Waals surface area contributed by atoms with Gasteiger partial charge in [-0.2, -0.15) is 5.10 Å². The minimum atomic E-state index is -3.68. The van der Waals surface area contributed by atoms with Crippen molar-refractivity contribution in [1.29, 1.82) is 0 Å². The summed E-state index contributed by atoms with van der Waals surface area (Å²) in [7, 11) is -3.68. The Morgan fingerprint density at radius 1 is 1.13 bits per heavy atom. The summed E-state index contributed by atoms with van der Waals surface area (Å²) < 4.78 is 56.0. The van der Waals surface area contributed by atoms with Crippen molar-refractivity contribution in [1.82, 2.24) is 14.3 Å². The third-order valence-corrected chi connectivity index (χ3v) is 7.67. The highest BCUT2D eigenvalue weighted by Gasteiger charge is 2.37. The Morgan fingerprint density at radius 3 is 2.71 bits per heavy atom. The van der Waals surface area contributed by atoms with E-state index in [4.69, 9.17) is 0 Å². The van der Waals surface area contributed by atoms with Crippen molar-refractivity contribution in [3.63, 3.8) is 0 Å². The van der Waals surface area contributed by atoms with Crippen molar-refractivity contribution in [3.05, 3.63) is 65.5 Å². The fourth-order valence-electron chi connectivity index (χ4n) is 4.14. The minimum Gasteiger partial charge on any atom is -0.364 e. The number of fused-ring (bicyclic) bond motifs is 1. The van der Waals surface area contributed by atoms with Crippen LogP contribution in [0.3, 0.4) is 0 Å². The monoisotopic (exact) mass is 446 g/mol. The topological polar surface area (TPSA) is 83.8 Å². The third-order valence-electron chi connectivity index (χ3n) is 5.85. The molecule has 2 aliphatic rings. The summed E-state index contributed by atoms with van der Waals surface area (Å²) in [6, 6.07) is 6.62. The predicted octanol–water partition coefficient (Wildman–Crippen LogP) is 3.18. The van der Waals surface area contributed by atoms with Crippen molar-refractivity contribution in [2.45, 2.75) is 37.0 Å². The van der Waals surface area contributed by atoms with Gasteiger partial charge in [0.15, 0.2) is 0 Å². The first-order valence-electron chi connectivity index (χ1n) is 10.1. The van der Waals surface area contributed by atoms with Crippen molar-refractivity contribution >= 4 is 27.1 Å². The number of benzene rings is 1. The normalized spacial score (nSPS) is 19.2. The van der Waals surface area contributed by atoms with Gasteiger partial charge >= 0.3 is 0 Å². The van der Waals surface area contributed by atoms with Crippen molar-refractivity contribution in [2.75, 3.05) is 11.4 Å². The number of halogens is 2. The smallest absolute Gasteiger partial charge is 0.268 e. The van der Waals surface area contributed by atoms with Crippen LogP contribution >= 0.6 is 0 Å². The lowest BCUT2D eigenvalue weighted by Crippen LogP contribution is -2.33. The number of sulfonamides is 1. The van der Waals surface area contributed by atoms with Crippen LogP contribution in [0, 0.1) is 11.6 Å². The molecule has 3 aromatic rings. The molecule has 1 amide bonds. The van der Waals surface area contributed by atoms with E-state index in [1.807, 2.05) is 4.90 Å². The van der Waals surface area contributed by atoms with Gasteiger partial charge in [-0.25, -0.2) is 26.4 Å². The first kappa shape index (κ1) is 19.9. The minimum absolute atomic E-state index is 0.138. The average Bonchev–Trinajstić information content (AvgIpc) is 3.35. The number of rotatable bonds is 5. The van der Waals surface area contributed by atoms with E-state index in [2.05, 4.69) is 9.82 Å². The van der Waals surface area contributed by atoms with Crippen LogP contribution in [0.1, 0.15) is 47.6 Å². The van der Waals surface area contributed by atoms with Gasteiger partial charge in [0.2, 0.25) is 10.0 Å². The molecule has 1 aliphatic heterocycles. The van der Waals surface area contributed by atoms with Crippen LogP contribution in [0.5, 0.6) is 0 Å². The number of pyridine rings is 1. The molecule has 1 aliphatic carbocycles. The predicted molar refractivity (Wildman–Crippen MR) is 110 cm³/mol. The van der Waals surface area contributed by atoms with E-state index in [-0.39, 0.29) is 11.6 Å². The quantitative estimate of drug-likeness (QED) is 0.651. The van der Waals surface area contributed by atoms with Crippen LogP contribution in [-0.2, 0) is 10.0 Å². The number of nitrogens with zero attached hydrogens (tertiary/aromatic N) is 3. The second-order valence-electron chi connectivity index (χ2n) is 7.97. The summed E-state index contributed by atoms with van der Waals surface area (Å²) >= 11 is 0. The molecule has 1 atom stereocenters. The summed E-state index contributed by atoms with van der Waals surface area (Å²) in [5.41, 5.74) is 1.59. The highest BCUT2D eigenvalue weighted by Crippen LogP contribution is 2.38. The maximum absolute atomic E-state index is 14.4. The fraction of sp³-hybridized carbons (Fsp3) is 0.333. The van der Waals surface area contributed by atoms with Gasteiger partial charge in [-0.05, 0) is 56.0 Å². The third kappa shape index (κ3) is 3.65. The molecule has 7 nitrogen and oxygen atoms in total. The summed E-state index contributed by atoms with van der Waals surface area (Å²) in [6.07, 6.45) is 5.55. The van der Waals surface area contributed by atoms with E-state index in [0.717, 1.165) is 24.2 Å². The Kier molecular flexibility index (Phi) is 4.69. The number of hydrogen-bond acceptors (Lipinski definition) is 5. The second kappa shape index (κ2) is 7.30. The van der Waals surface area contributed by atoms with Gasteiger partial charge in [0.05, 0.1) is 28.6 Å². The van der Waals surface area contributed by atoms with E-state index in [0.29, 0.717) is 36.9 Å². The number of aromatic nitrogens is 2. The zero-order chi connectivity index (χ0) is 21.8. The Bertz CT molecular complexity index is 1290. The van der Waals surface area contributed by atoms with Crippen molar-refractivity contribution in [2.24, 2.45) is 0 Å². The lowest BCUT2D eigenvalue weighted by molar-refractivity contribution is 0.0983. The Hall–Kier alpha value is -3.01. The molecule has 1 aromatic carbocycles. The molecule has 2 aromatic heterocycles. The molecule has 1 saturated heterocycles. The maximum atomic E-state index is 14.4. The van der Waals surface area contributed by atoms with Gasteiger partial charge in [-0.3, -0.25) is 4.79 Å². The Balaban J connectivity index is 1.48. The largest absolute Gasteiger partial charge is 0.364 e. The molecular formula is C21H20F2N4O3S. The summed E-state index contributed by atoms with van der Waals surface area (Å²) in [6.45, 7) is 0.641. The molecule has 162 valence electrons. The molecule has 0 spiro atoms. The number of nitrogens with one attached hydrogen (secondary N) is 1. The molecular weight excluding hydrogens is 426 g/mol. The van der Waals surface area contributed by atoms with Crippen LogP contribution in [0.15, 0.2) is 42.7 Å².